The summed E-state index contributed by atoms with van der Waals surface area (Å²) in [4.78, 5) is 11.8. The van der Waals surface area contributed by atoms with E-state index in [0.29, 0.717) is 0 Å². The summed E-state index contributed by atoms with van der Waals surface area (Å²) in [6.07, 6.45) is 4.17. The Kier molecular flexibility index (Phi) is 4.31. The molecule has 1 aliphatic rings. The minimum absolute atomic E-state index is 0.466. The van der Waals surface area contributed by atoms with E-state index in [1.165, 1.54) is 0 Å². The maximum atomic E-state index is 11.8. The van der Waals surface area contributed by atoms with E-state index in [2.05, 4.69) is 5.32 Å². The minimum Gasteiger partial charge on any atom is -0.444 e. The zero-order valence-corrected chi connectivity index (χ0v) is 12.3. The molecule has 0 bridgehead atoms. The molecule has 0 atom stereocenters. The van der Waals surface area contributed by atoms with Crippen molar-refractivity contribution in [2.45, 2.75) is 83.5 Å². The van der Waals surface area contributed by atoms with E-state index in [1.54, 1.807) is 0 Å². The van der Waals surface area contributed by atoms with Crippen LogP contribution in [0.5, 0.6) is 0 Å². The SMILES string of the molecule is CC(C)(C)OC(=O)NC(C)(C)C1(O)CCCCC1. The van der Waals surface area contributed by atoms with Crippen LogP contribution in [-0.2, 0) is 4.74 Å². The van der Waals surface area contributed by atoms with Gasteiger partial charge in [-0.2, -0.15) is 0 Å². The molecule has 2 N–H and O–H groups in total. The van der Waals surface area contributed by atoms with Crippen molar-refractivity contribution in [2.24, 2.45) is 0 Å². The number of amides is 1. The van der Waals surface area contributed by atoms with Crippen LogP contribution in [0.2, 0.25) is 0 Å². The molecule has 0 saturated heterocycles. The molecule has 1 saturated carbocycles. The van der Waals surface area contributed by atoms with Gasteiger partial charge in [-0.05, 0) is 47.5 Å². The third kappa shape index (κ3) is 3.87. The molecule has 1 amide bonds. The van der Waals surface area contributed by atoms with Gasteiger partial charge in [0.05, 0.1) is 11.1 Å². The second kappa shape index (κ2) is 5.08. The second-order valence-corrected chi connectivity index (χ2v) is 6.84. The van der Waals surface area contributed by atoms with Crippen molar-refractivity contribution in [2.75, 3.05) is 0 Å². The molecular formula is C14H27NO3. The highest BCUT2D eigenvalue weighted by Gasteiger charge is 2.45. The number of carbonyl (C=O) groups is 1. The second-order valence-electron chi connectivity index (χ2n) is 6.84. The van der Waals surface area contributed by atoms with Gasteiger partial charge in [0.25, 0.3) is 0 Å². The van der Waals surface area contributed by atoms with Crippen LogP contribution in [0.15, 0.2) is 0 Å². The number of carbonyl (C=O) groups excluding carboxylic acids is 1. The van der Waals surface area contributed by atoms with Crippen LogP contribution in [0.4, 0.5) is 4.79 Å². The molecule has 0 spiro atoms. The fourth-order valence-corrected chi connectivity index (χ4v) is 2.44. The molecule has 0 aromatic rings. The zero-order valence-electron chi connectivity index (χ0n) is 12.3. The molecule has 1 rings (SSSR count). The topological polar surface area (TPSA) is 58.6 Å². The summed E-state index contributed by atoms with van der Waals surface area (Å²) >= 11 is 0. The minimum atomic E-state index is -0.831. The first-order chi connectivity index (χ1) is 8.06. The van der Waals surface area contributed by atoms with E-state index in [1.807, 2.05) is 34.6 Å². The first-order valence-corrected chi connectivity index (χ1v) is 6.79. The molecule has 0 aromatic carbocycles. The van der Waals surface area contributed by atoms with Crippen LogP contribution in [0.1, 0.15) is 66.7 Å². The average molecular weight is 257 g/mol. The highest BCUT2D eigenvalue weighted by molar-refractivity contribution is 5.69. The van der Waals surface area contributed by atoms with Gasteiger partial charge in [0.2, 0.25) is 0 Å². The molecule has 0 radical (unpaired) electrons. The van der Waals surface area contributed by atoms with Crippen LogP contribution in [0, 0.1) is 0 Å². The lowest BCUT2D eigenvalue weighted by atomic mass is 9.72. The summed E-state index contributed by atoms with van der Waals surface area (Å²) < 4.78 is 5.25. The normalized spacial score (nSPS) is 20.3. The van der Waals surface area contributed by atoms with E-state index in [0.717, 1.165) is 32.1 Å². The van der Waals surface area contributed by atoms with E-state index >= 15 is 0 Å². The van der Waals surface area contributed by atoms with Gasteiger partial charge in [-0.25, -0.2) is 4.79 Å². The van der Waals surface area contributed by atoms with E-state index in [-0.39, 0.29) is 0 Å². The lowest BCUT2D eigenvalue weighted by Gasteiger charge is -2.45. The highest BCUT2D eigenvalue weighted by Crippen LogP contribution is 2.36. The lowest BCUT2D eigenvalue weighted by molar-refractivity contribution is -0.0675. The van der Waals surface area contributed by atoms with Crippen LogP contribution >= 0.6 is 0 Å². The summed E-state index contributed by atoms with van der Waals surface area (Å²) in [5.74, 6) is 0. The van der Waals surface area contributed by atoms with Crippen molar-refractivity contribution in [1.29, 1.82) is 0 Å². The maximum Gasteiger partial charge on any atom is 0.408 e. The molecular weight excluding hydrogens is 230 g/mol. The summed E-state index contributed by atoms with van der Waals surface area (Å²) in [7, 11) is 0. The van der Waals surface area contributed by atoms with Gasteiger partial charge in [-0.1, -0.05) is 19.3 Å². The standard InChI is InChI=1S/C14H27NO3/c1-12(2,3)18-11(16)15-13(4,5)14(17)9-7-6-8-10-14/h17H,6-10H2,1-5H3,(H,15,16). The van der Waals surface area contributed by atoms with Gasteiger partial charge < -0.3 is 15.2 Å². The average Bonchev–Trinajstić information content (AvgIpc) is 2.14. The summed E-state index contributed by atoms with van der Waals surface area (Å²) in [6.45, 7) is 9.21. The van der Waals surface area contributed by atoms with Gasteiger partial charge in [0, 0.05) is 0 Å². The van der Waals surface area contributed by atoms with Crippen molar-refractivity contribution in [3.63, 3.8) is 0 Å². The Morgan fingerprint density at radius 1 is 1.11 bits per heavy atom. The molecule has 0 heterocycles. The lowest BCUT2D eigenvalue weighted by Crippen LogP contribution is -2.61. The number of aliphatic hydroxyl groups is 1. The third-order valence-electron chi connectivity index (χ3n) is 3.66. The Balaban J connectivity index is 2.65. The van der Waals surface area contributed by atoms with Gasteiger partial charge >= 0.3 is 6.09 Å². The Morgan fingerprint density at radius 2 is 1.61 bits per heavy atom. The molecule has 1 fully saturated rings. The third-order valence-corrected chi connectivity index (χ3v) is 3.66. The highest BCUT2D eigenvalue weighted by atomic mass is 16.6. The number of hydrogen-bond acceptors (Lipinski definition) is 3. The van der Waals surface area contributed by atoms with E-state index < -0.39 is 22.8 Å². The van der Waals surface area contributed by atoms with Crippen molar-refractivity contribution in [1.82, 2.24) is 5.32 Å². The quantitative estimate of drug-likeness (QED) is 0.799. The first-order valence-electron chi connectivity index (χ1n) is 6.79. The molecule has 106 valence electrons. The van der Waals surface area contributed by atoms with Crippen molar-refractivity contribution in [3.05, 3.63) is 0 Å². The van der Waals surface area contributed by atoms with Crippen LogP contribution in [-0.4, -0.2) is 27.9 Å². The number of rotatable bonds is 2. The summed E-state index contributed by atoms with van der Waals surface area (Å²) in [6, 6.07) is 0. The van der Waals surface area contributed by atoms with Crippen molar-refractivity contribution < 1.29 is 14.6 Å². The van der Waals surface area contributed by atoms with Gasteiger partial charge in [0.15, 0.2) is 0 Å². The van der Waals surface area contributed by atoms with Crippen LogP contribution < -0.4 is 5.32 Å². The van der Waals surface area contributed by atoms with E-state index in [4.69, 9.17) is 4.74 Å². The number of alkyl carbamates (subject to hydrolysis) is 1. The van der Waals surface area contributed by atoms with E-state index in [9.17, 15) is 9.90 Å². The summed E-state index contributed by atoms with van der Waals surface area (Å²) in [5, 5.41) is 13.5. The first kappa shape index (κ1) is 15.3. The maximum absolute atomic E-state index is 11.8. The Bertz CT molecular complexity index is 299. The number of ether oxygens (including phenoxy) is 1. The molecule has 18 heavy (non-hydrogen) atoms. The van der Waals surface area contributed by atoms with Crippen molar-refractivity contribution >= 4 is 6.09 Å². The number of nitrogens with one attached hydrogen (secondary N) is 1. The van der Waals surface area contributed by atoms with Crippen molar-refractivity contribution in [3.8, 4) is 0 Å². The molecule has 1 aliphatic carbocycles. The predicted octanol–water partition coefficient (Wildman–Crippen LogP) is 2.98. The Labute approximate surface area is 110 Å². The fourth-order valence-electron chi connectivity index (χ4n) is 2.44. The molecule has 0 aromatic heterocycles. The van der Waals surface area contributed by atoms with Crippen LogP contribution in [0.25, 0.3) is 0 Å². The van der Waals surface area contributed by atoms with Crippen LogP contribution in [0.3, 0.4) is 0 Å². The smallest absolute Gasteiger partial charge is 0.408 e. The molecule has 0 unspecified atom stereocenters. The Morgan fingerprint density at radius 3 is 2.06 bits per heavy atom. The summed E-state index contributed by atoms with van der Waals surface area (Å²) in [5.41, 5.74) is -2.02. The largest absolute Gasteiger partial charge is 0.444 e. The van der Waals surface area contributed by atoms with Gasteiger partial charge in [-0.3, -0.25) is 0 Å². The molecule has 4 heteroatoms. The number of hydrogen-bond donors (Lipinski definition) is 2. The predicted molar refractivity (Wildman–Crippen MR) is 71.5 cm³/mol. The zero-order chi connectivity index (χ0) is 14.0. The fraction of sp³-hybridized carbons (Fsp3) is 0.929. The molecule has 4 nitrogen and oxygen atoms in total. The Hall–Kier alpha value is -0.770. The monoisotopic (exact) mass is 257 g/mol. The van der Waals surface area contributed by atoms with Gasteiger partial charge in [0.1, 0.15) is 5.60 Å². The van der Waals surface area contributed by atoms with Gasteiger partial charge in [-0.15, -0.1) is 0 Å². The molecule has 0 aliphatic heterocycles.